The molecule has 2 rings (SSSR count). The molecule has 0 radical (unpaired) electrons. The minimum Gasteiger partial charge on any atom is -0.452 e. The van der Waals surface area contributed by atoms with Gasteiger partial charge in [-0.05, 0) is 17.9 Å². The van der Waals surface area contributed by atoms with Crippen LogP contribution in [0.2, 0.25) is 0 Å². The van der Waals surface area contributed by atoms with Crippen LogP contribution in [-0.2, 0) is 14.3 Å². The van der Waals surface area contributed by atoms with Gasteiger partial charge in [0.1, 0.15) is 0 Å². The summed E-state index contributed by atoms with van der Waals surface area (Å²) >= 11 is 0. The number of hydrogen-bond acceptors (Lipinski definition) is 3. The highest BCUT2D eigenvalue weighted by molar-refractivity contribution is 6.02. The number of nitrogens with one attached hydrogen (secondary N) is 1. The van der Waals surface area contributed by atoms with Crippen LogP contribution in [-0.4, -0.2) is 18.5 Å². The van der Waals surface area contributed by atoms with Crippen LogP contribution in [0.3, 0.4) is 0 Å². The number of hydrogen-bond donors (Lipinski definition) is 1. The van der Waals surface area contributed by atoms with Gasteiger partial charge in [-0.3, -0.25) is 4.79 Å². The molecule has 0 aliphatic rings. The Bertz CT molecular complexity index is 671. The van der Waals surface area contributed by atoms with Crippen molar-refractivity contribution in [3.63, 3.8) is 0 Å². The second kappa shape index (κ2) is 7.24. The smallest absolute Gasteiger partial charge is 0.330 e. The van der Waals surface area contributed by atoms with Gasteiger partial charge in [-0.15, -0.1) is 0 Å². The van der Waals surface area contributed by atoms with Gasteiger partial charge >= 0.3 is 5.97 Å². The summed E-state index contributed by atoms with van der Waals surface area (Å²) in [6.45, 7) is 1.62. The molecule has 0 saturated carbocycles. The van der Waals surface area contributed by atoms with Gasteiger partial charge in [-0.25, -0.2) is 4.79 Å². The quantitative estimate of drug-likeness (QED) is 0.676. The molecule has 0 bridgehead atoms. The van der Waals surface area contributed by atoms with Gasteiger partial charge in [-0.2, -0.15) is 0 Å². The van der Waals surface area contributed by atoms with Crippen LogP contribution >= 0.6 is 0 Å². The van der Waals surface area contributed by atoms with Crippen molar-refractivity contribution in [2.24, 2.45) is 0 Å². The molecule has 0 aromatic heterocycles. The number of fused-ring (bicyclic) bond motifs is 1. The van der Waals surface area contributed by atoms with Crippen molar-refractivity contribution in [3.8, 4) is 0 Å². The fourth-order valence-electron chi connectivity index (χ4n) is 1.92. The number of carbonyl (C=O) groups is 2. The first-order chi connectivity index (χ1) is 10.2. The third-order valence-corrected chi connectivity index (χ3v) is 2.90. The minimum absolute atomic E-state index is 0.296. The van der Waals surface area contributed by atoms with Crippen LogP contribution in [0.15, 0.2) is 54.6 Å². The maximum atomic E-state index is 11.8. The zero-order valence-corrected chi connectivity index (χ0v) is 11.8. The second-order valence-electron chi connectivity index (χ2n) is 4.49. The molecule has 1 N–H and O–H groups in total. The molecule has 0 spiro atoms. The fraction of sp³-hybridized carbons (Fsp3) is 0.176. The number of esters is 1. The van der Waals surface area contributed by atoms with Crippen LogP contribution in [0.5, 0.6) is 0 Å². The fourth-order valence-corrected chi connectivity index (χ4v) is 1.92. The molecule has 0 aliphatic heterocycles. The molecule has 4 heteroatoms. The second-order valence-corrected chi connectivity index (χ2v) is 4.49. The zero-order chi connectivity index (χ0) is 15.1. The molecular formula is C17H17NO3. The Morgan fingerprint density at radius 1 is 1.14 bits per heavy atom. The largest absolute Gasteiger partial charge is 0.452 e. The highest BCUT2D eigenvalue weighted by Gasteiger charge is 2.07. The Morgan fingerprint density at radius 2 is 1.90 bits per heavy atom. The van der Waals surface area contributed by atoms with E-state index in [4.69, 9.17) is 4.74 Å². The Balaban J connectivity index is 1.99. The molecule has 0 unspecified atom stereocenters. The minimum atomic E-state index is -0.509. The summed E-state index contributed by atoms with van der Waals surface area (Å²) in [5, 5.41) is 4.75. The predicted octanol–water partition coefficient (Wildman–Crippen LogP) is 3.29. The molecular weight excluding hydrogens is 266 g/mol. The molecule has 0 saturated heterocycles. The van der Waals surface area contributed by atoms with Crippen molar-refractivity contribution >= 4 is 28.3 Å². The van der Waals surface area contributed by atoms with Gasteiger partial charge in [0, 0.05) is 17.1 Å². The van der Waals surface area contributed by atoms with Gasteiger partial charge in [0.05, 0.1) is 0 Å². The van der Waals surface area contributed by atoms with Crippen molar-refractivity contribution in [1.82, 2.24) is 0 Å². The van der Waals surface area contributed by atoms with E-state index in [1.54, 1.807) is 6.08 Å². The third-order valence-electron chi connectivity index (χ3n) is 2.90. The topological polar surface area (TPSA) is 55.4 Å². The summed E-state index contributed by atoms with van der Waals surface area (Å²) in [4.78, 5) is 23.1. The highest BCUT2D eigenvalue weighted by Crippen LogP contribution is 2.22. The van der Waals surface area contributed by atoms with E-state index in [-0.39, 0.29) is 12.5 Å². The number of anilines is 1. The van der Waals surface area contributed by atoms with Gasteiger partial charge in [0.25, 0.3) is 5.91 Å². The molecule has 0 fully saturated rings. The van der Waals surface area contributed by atoms with Crippen molar-refractivity contribution < 1.29 is 14.3 Å². The van der Waals surface area contributed by atoms with E-state index in [0.29, 0.717) is 5.69 Å². The Morgan fingerprint density at radius 3 is 2.71 bits per heavy atom. The van der Waals surface area contributed by atoms with E-state index in [1.165, 1.54) is 6.08 Å². The summed E-state index contributed by atoms with van der Waals surface area (Å²) in [5.41, 5.74) is 0.707. The highest BCUT2D eigenvalue weighted by atomic mass is 16.5. The summed E-state index contributed by atoms with van der Waals surface area (Å²) in [5.74, 6) is -0.866. The van der Waals surface area contributed by atoms with E-state index < -0.39 is 5.97 Å². The molecule has 2 aromatic rings. The molecule has 21 heavy (non-hydrogen) atoms. The predicted molar refractivity (Wildman–Crippen MR) is 83.0 cm³/mol. The van der Waals surface area contributed by atoms with Crippen molar-refractivity contribution in [2.75, 3.05) is 11.9 Å². The molecule has 0 heterocycles. The first kappa shape index (κ1) is 14.8. The van der Waals surface area contributed by atoms with Gasteiger partial charge in [-0.1, -0.05) is 49.4 Å². The van der Waals surface area contributed by atoms with Gasteiger partial charge < -0.3 is 10.1 Å². The number of benzene rings is 2. The van der Waals surface area contributed by atoms with Crippen LogP contribution in [0, 0.1) is 0 Å². The van der Waals surface area contributed by atoms with E-state index >= 15 is 0 Å². The normalized spacial score (nSPS) is 10.7. The lowest BCUT2D eigenvalue weighted by Crippen LogP contribution is -2.20. The Labute approximate surface area is 123 Å². The van der Waals surface area contributed by atoms with Crippen LogP contribution < -0.4 is 5.32 Å². The molecule has 108 valence electrons. The summed E-state index contributed by atoms with van der Waals surface area (Å²) in [7, 11) is 0. The van der Waals surface area contributed by atoms with E-state index in [0.717, 1.165) is 17.2 Å². The molecule has 4 nitrogen and oxygen atoms in total. The first-order valence-electron chi connectivity index (χ1n) is 6.81. The summed E-state index contributed by atoms with van der Waals surface area (Å²) < 4.78 is 4.85. The number of carbonyl (C=O) groups excluding carboxylic acids is 2. The molecule has 0 aliphatic carbocycles. The third kappa shape index (κ3) is 4.18. The Hall–Kier alpha value is -2.62. The monoisotopic (exact) mass is 283 g/mol. The number of allylic oxidation sites excluding steroid dienone is 1. The van der Waals surface area contributed by atoms with Crippen molar-refractivity contribution in [2.45, 2.75) is 13.3 Å². The lowest BCUT2D eigenvalue weighted by atomic mass is 10.1. The van der Waals surface area contributed by atoms with E-state index in [1.807, 2.05) is 49.4 Å². The van der Waals surface area contributed by atoms with E-state index in [9.17, 15) is 9.59 Å². The van der Waals surface area contributed by atoms with Crippen LogP contribution in [0.4, 0.5) is 5.69 Å². The number of ether oxygens (including phenoxy) is 1. The van der Waals surface area contributed by atoms with Crippen molar-refractivity contribution in [3.05, 3.63) is 54.6 Å². The van der Waals surface area contributed by atoms with Crippen molar-refractivity contribution in [1.29, 1.82) is 0 Å². The Kier molecular flexibility index (Phi) is 5.10. The van der Waals surface area contributed by atoms with E-state index in [2.05, 4.69) is 5.32 Å². The SMILES string of the molecule is CC/C=C/C(=O)OCC(=O)Nc1cccc2ccccc12. The van der Waals surface area contributed by atoms with Gasteiger partial charge in [0.15, 0.2) is 6.61 Å². The lowest BCUT2D eigenvalue weighted by molar-refractivity contribution is -0.142. The lowest BCUT2D eigenvalue weighted by Gasteiger charge is -2.08. The summed E-state index contributed by atoms with van der Waals surface area (Å²) in [6, 6.07) is 13.4. The molecule has 1 amide bonds. The first-order valence-corrected chi connectivity index (χ1v) is 6.81. The maximum absolute atomic E-state index is 11.8. The number of rotatable bonds is 5. The average Bonchev–Trinajstić information content (AvgIpc) is 2.51. The maximum Gasteiger partial charge on any atom is 0.330 e. The molecule has 2 aromatic carbocycles. The zero-order valence-electron chi connectivity index (χ0n) is 11.8. The standard InChI is InChI=1S/C17H17NO3/c1-2-3-11-17(20)21-12-16(19)18-15-10-6-8-13-7-4-5-9-14(13)15/h3-11H,2,12H2,1H3,(H,18,19)/b11-3+. The average molecular weight is 283 g/mol. The molecule has 0 atom stereocenters. The van der Waals surface area contributed by atoms with Gasteiger partial charge in [0.2, 0.25) is 0 Å². The van der Waals surface area contributed by atoms with Crippen LogP contribution in [0.25, 0.3) is 10.8 Å². The number of amides is 1. The van der Waals surface area contributed by atoms with Crippen LogP contribution in [0.1, 0.15) is 13.3 Å². The summed E-state index contributed by atoms with van der Waals surface area (Å²) in [6.07, 6.45) is 3.76.